The molecule has 0 aromatic heterocycles. The van der Waals surface area contributed by atoms with E-state index in [1.54, 1.807) is 25.3 Å². The molecule has 4 nitrogen and oxygen atoms in total. The van der Waals surface area contributed by atoms with E-state index >= 15 is 0 Å². The van der Waals surface area contributed by atoms with Gasteiger partial charge in [-0.2, -0.15) is 0 Å². The van der Waals surface area contributed by atoms with Gasteiger partial charge in [-0.1, -0.05) is 30.3 Å². The molecule has 0 radical (unpaired) electrons. The summed E-state index contributed by atoms with van der Waals surface area (Å²) < 4.78 is 5.38. The van der Waals surface area contributed by atoms with Crippen molar-refractivity contribution in [3.05, 3.63) is 66.2 Å². The number of hydrogen-bond acceptors (Lipinski definition) is 3. The van der Waals surface area contributed by atoms with Crippen LogP contribution in [0.25, 0.3) is 10.8 Å². The summed E-state index contributed by atoms with van der Waals surface area (Å²) in [5.41, 5.74) is 1.89. The smallest absolute Gasteiger partial charge is 0.335 e. The summed E-state index contributed by atoms with van der Waals surface area (Å²) in [6, 6.07) is 18.5. The summed E-state index contributed by atoms with van der Waals surface area (Å²) in [4.78, 5) is 11.1. The standard InChI is InChI=1S/C18H15NO3/c1-22-17-10-9-16(14-7-2-3-8-15(14)17)19-13-6-4-5-12(11-13)18(20)21/h2-11,19H,1H3,(H,20,21). The van der Waals surface area contributed by atoms with E-state index in [-0.39, 0.29) is 5.56 Å². The van der Waals surface area contributed by atoms with Gasteiger partial charge < -0.3 is 15.2 Å². The van der Waals surface area contributed by atoms with Crippen LogP contribution in [-0.4, -0.2) is 18.2 Å². The van der Waals surface area contributed by atoms with Gasteiger partial charge in [0.05, 0.1) is 12.7 Å². The second-order valence-corrected chi connectivity index (χ2v) is 4.87. The van der Waals surface area contributed by atoms with E-state index < -0.39 is 5.97 Å². The molecular formula is C18H15NO3. The number of rotatable bonds is 4. The van der Waals surface area contributed by atoms with E-state index in [4.69, 9.17) is 9.84 Å². The molecule has 0 spiro atoms. The van der Waals surface area contributed by atoms with Crippen LogP contribution in [0.4, 0.5) is 11.4 Å². The third kappa shape index (κ3) is 2.59. The molecule has 3 rings (SSSR count). The van der Waals surface area contributed by atoms with Gasteiger partial charge in [0, 0.05) is 22.1 Å². The van der Waals surface area contributed by atoms with Gasteiger partial charge >= 0.3 is 5.97 Å². The lowest BCUT2D eigenvalue weighted by Gasteiger charge is -2.13. The number of carboxylic acid groups (broad SMARTS) is 1. The maximum Gasteiger partial charge on any atom is 0.335 e. The van der Waals surface area contributed by atoms with E-state index in [2.05, 4.69) is 5.32 Å². The minimum atomic E-state index is -0.941. The van der Waals surface area contributed by atoms with Crippen molar-refractivity contribution < 1.29 is 14.6 Å². The fourth-order valence-electron chi connectivity index (χ4n) is 2.44. The fraction of sp³-hybridized carbons (Fsp3) is 0.0556. The Kier molecular flexibility index (Phi) is 3.66. The second kappa shape index (κ2) is 5.77. The molecule has 0 aliphatic rings. The zero-order chi connectivity index (χ0) is 15.5. The maximum atomic E-state index is 11.1. The van der Waals surface area contributed by atoms with Crippen molar-refractivity contribution in [2.45, 2.75) is 0 Å². The molecule has 0 bridgehead atoms. The lowest BCUT2D eigenvalue weighted by molar-refractivity contribution is 0.0697. The molecule has 0 atom stereocenters. The molecule has 0 saturated heterocycles. The Balaban J connectivity index is 2.04. The number of aromatic carboxylic acids is 1. The number of hydrogen-bond donors (Lipinski definition) is 2. The highest BCUT2D eigenvalue weighted by atomic mass is 16.5. The Morgan fingerprint density at radius 1 is 1.00 bits per heavy atom. The van der Waals surface area contributed by atoms with Crippen LogP contribution >= 0.6 is 0 Å². The molecule has 0 amide bonds. The Labute approximate surface area is 128 Å². The van der Waals surface area contributed by atoms with Crippen LogP contribution in [0.3, 0.4) is 0 Å². The molecule has 0 aliphatic heterocycles. The van der Waals surface area contributed by atoms with E-state index in [9.17, 15) is 4.79 Å². The van der Waals surface area contributed by atoms with Gasteiger partial charge in [0.15, 0.2) is 0 Å². The quantitative estimate of drug-likeness (QED) is 0.753. The van der Waals surface area contributed by atoms with Crippen LogP contribution in [0.2, 0.25) is 0 Å². The van der Waals surface area contributed by atoms with Crippen LogP contribution in [-0.2, 0) is 0 Å². The molecule has 0 heterocycles. The maximum absolute atomic E-state index is 11.1. The predicted octanol–water partition coefficient (Wildman–Crippen LogP) is 4.29. The first-order valence-corrected chi connectivity index (χ1v) is 6.85. The van der Waals surface area contributed by atoms with E-state index in [0.29, 0.717) is 0 Å². The van der Waals surface area contributed by atoms with Gasteiger partial charge in [-0.15, -0.1) is 0 Å². The van der Waals surface area contributed by atoms with Crippen LogP contribution in [0.1, 0.15) is 10.4 Å². The summed E-state index contributed by atoms with van der Waals surface area (Å²) in [5, 5.41) is 14.4. The Morgan fingerprint density at radius 2 is 1.77 bits per heavy atom. The SMILES string of the molecule is COc1ccc(Nc2cccc(C(=O)O)c2)c2ccccc12. The van der Waals surface area contributed by atoms with E-state index in [1.165, 1.54) is 0 Å². The number of benzene rings is 3. The Morgan fingerprint density at radius 3 is 2.50 bits per heavy atom. The van der Waals surface area contributed by atoms with Crippen molar-refractivity contribution in [3.8, 4) is 5.75 Å². The van der Waals surface area contributed by atoms with Gasteiger partial charge in [-0.25, -0.2) is 4.79 Å². The molecule has 4 heteroatoms. The molecule has 0 aliphatic carbocycles. The molecule has 22 heavy (non-hydrogen) atoms. The minimum Gasteiger partial charge on any atom is -0.496 e. The van der Waals surface area contributed by atoms with E-state index in [1.807, 2.05) is 42.5 Å². The zero-order valence-corrected chi connectivity index (χ0v) is 12.0. The van der Waals surface area contributed by atoms with Crippen molar-refractivity contribution in [2.75, 3.05) is 12.4 Å². The summed E-state index contributed by atoms with van der Waals surface area (Å²) in [6.07, 6.45) is 0. The summed E-state index contributed by atoms with van der Waals surface area (Å²) in [7, 11) is 1.64. The van der Waals surface area contributed by atoms with E-state index in [0.717, 1.165) is 27.9 Å². The molecule has 0 unspecified atom stereocenters. The number of anilines is 2. The van der Waals surface area contributed by atoms with Gasteiger partial charge in [0.25, 0.3) is 0 Å². The fourth-order valence-corrected chi connectivity index (χ4v) is 2.44. The third-order valence-electron chi connectivity index (χ3n) is 3.49. The van der Waals surface area contributed by atoms with Crippen molar-refractivity contribution in [3.63, 3.8) is 0 Å². The number of ether oxygens (including phenoxy) is 1. The molecule has 110 valence electrons. The number of nitrogens with one attached hydrogen (secondary N) is 1. The predicted molar refractivity (Wildman–Crippen MR) is 87.2 cm³/mol. The lowest BCUT2D eigenvalue weighted by atomic mass is 10.1. The van der Waals surface area contributed by atoms with Gasteiger partial charge in [-0.3, -0.25) is 0 Å². The van der Waals surface area contributed by atoms with Crippen molar-refractivity contribution in [2.24, 2.45) is 0 Å². The summed E-state index contributed by atoms with van der Waals surface area (Å²) in [6.45, 7) is 0. The van der Waals surface area contributed by atoms with Crippen molar-refractivity contribution in [1.82, 2.24) is 0 Å². The first-order valence-electron chi connectivity index (χ1n) is 6.85. The van der Waals surface area contributed by atoms with Gasteiger partial charge in [0.1, 0.15) is 5.75 Å². The third-order valence-corrected chi connectivity index (χ3v) is 3.49. The normalized spacial score (nSPS) is 10.4. The average Bonchev–Trinajstić information content (AvgIpc) is 2.55. The second-order valence-electron chi connectivity index (χ2n) is 4.87. The Bertz CT molecular complexity index is 843. The first-order chi connectivity index (χ1) is 10.7. The zero-order valence-electron chi connectivity index (χ0n) is 12.0. The molecule has 0 fully saturated rings. The lowest BCUT2D eigenvalue weighted by Crippen LogP contribution is -1.98. The number of methoxy groups -OCH3 is 1. The van der Waals surface area contributed by atoms with Crippen LogP contribution in [0.15, 0.2) is 60.7 Å². The Hall–Kier alpha value is -3.01. The van der Waals surface area contributed by atoms with Gasteiger partial charge in [-0.05, 0) is 30.3 Å². The topological polar surface area (TPSA) is 58.6 Å². The van der Waals surface area contributed by atoms with Gasteiger partial charge in [0.2, 0.25) is 0 Å². The number of carboxylic acids is 1. The highest BCUT2D eigenvalue weighted by molar-refractivity contribution is 5.99. The highest BCUT2D eigenvalue weighted by Gasteiger charge is 2.07. The average molecular weight is 293 g/mol. The van der Waals surface area contributed by atoms with Crippen LogP contribution in [0, 0.1) is 0 Å². The first kappa shape index (κ1) is 13.9. The molecule has 2 N–H and O–H groups in total. The number of fused-ring (bicyclic) bond motifs is 1. The summed E-state index contributed by atoms with van der Waals surface area (Å²) >= 11 is 0. The molecular weight excluding hydrogens is 278 g/mol. The molecule has 3 aromatic carbocycles. The monoisotopic (exact) mass is 293 g/mol. The largest absolute Gasteiger partial charge is 0.496 e. The van der Waals surface area contributed by atoms with Crippen LogP contribution in [0.5, 0.6) is 5.75 Å². The molecule has 0 saturated carbocycles. The van der Waals surface area contributed by atoms with Crippen LogP contribution < -0.4 is 10.1 Å². The molecule has 3 aromatic rings. The minimum absolute atomic E-state index is 0.253. The highest BCUT2D eigenvalue weighted by Crippen LogP contribution is 2.33. The van der Waals surface area contributed by atoms with Crippen molar-refractivity contribution >= 4 is 28.1 Å². The summed E-state index contributed by atoms with van der Waals surface area (Å²) in [5.74, 6) is -0.135. The number of carbonyl (C=O) groups is 1. The van der Waals surface area contributed by atoms with Crippen molar-refractivity contribution in [1.29, 1.82) is 0 Å².